The van der Waals surface area contributed by atoms with Crippen LogP contribution in [0.15, 0.2) is 30.3 Å². The Morgan fingerprint density at radius 2 is 1.72 bits per heavy atom. The molecule has 0 unspecified atom stereocenters. The van der Waals surface area contributed by atoms with E-state index in [2.05, 4.69) is 4.74 Å². The maximum Gasteiger partial charge on any atom is 0.330 e. The molecule has 1 rings (SSSR count). The van der Waals surface area contributed by atoms with Gasteiger partial charge in [0, 0.05) is 6.08 Å². The first kappa shape index (κ1) is 14.3. The molecule has 0 spiro atoms. The molecule has 0 radical (unpaired) electrons. The van der Waals surface area contributed by atoms with E-state index in [0.717, 1.165) is 16.9 Å². The zero-order valence-corrected chi connectivity index (χ0v) is 11.6. The Labute approximate surface area is 108 Å². The van der Waals surface area contributed by atoms with Gasteiger partial charge in [-0.1, -0.05) is 12.1 Å². The second-order valence-corrected chi connectivity index (χ2v) is 5.09. The van der Waals surface area contributed by atoms with Crippen molar-refractivity contribution in [3.63, 3.8) is 0 Å². The first-order valence-electron chi connectivity index (χ1n) is 5.87. The lowest BCUT2D eigenvalue weighted by Gasteiger charge is -2.21. The third-order valence-electron chi connectivity index (χ3n) is 2.27. The van der Waals surface area contributed by atoms with Crippen molar-refractivity contribution in [3.8, 4) is 5.75 Å². The minimum Gasteiger partial charge on any atom is -0.488 e. The van der Waals surface area contributed by atoms with Gasteiger partial charge < -0.3 is 9.47 Å². The molecular weight excluding hydrogens is 228 g/mol. The van der Waals surface area contributed by atoms with Crippen molar-refractivity contribution >= 4 is 11.5 Å². The van der Waals surface area contributed by atoms with Crippen LogP contribution in [0.3, 0.4) is 0 Å². The summed E-state index contributed by atoms with van der Waals surface area (Å²) in [5, 5.41) is 0. The van der Waals surface area contributed by atoms with E-state index in [-0.39, 0.29) is 11.6 Å². The maximum absolute atomic E-state index is 11.1. The summed E-state index contributed by atoms with van der Waals surface area (Å²) in [5.74, 6) is 0.472. The molecule has 0 amide bonds. The SMILES string of the molecule is COC(=O)C=C(C)c1ccc(OC(C)(C)C)cc1. The zero-order chi connectivity index (χ0) is 13.8. The molecule has 0 atom stereocenters. The fourth-order valence-corrected chi connectivity index (χ4v) is 1.46. The van der Waals surface area contributed by atoms with Crippen molar-refractivity contribution in [1.29, 1.82) is 0 Å². The minimum atomic E-state index is -0.345. The van der Waals surface area contributed by atoms with Gasteiger partial charge in [0.1, 0.15) is 11.4 Å². The second-order valence-electron chi connectivity index (χ2n) is 5.09. The van der Waals surface area contributed by atoms with Crippen LogP contribution in [0.25, 0.3) is 5.57 Å². The normalized spacial score (nSPS) is 12.2. The molecule has 0 saturated heterocycles. The van der Waals surface area contributed by atoms with Gasteiger partial charge in [-0.15, -0.1) is 0 Å². The monoisotopic (exact) mass is 248 g/mol. The van der Waals surface area contributed by atoms with Crippen molar-refractivity contribution in [2.75, 3.05) is 7.11 Å². The molecule has 0 N–H and O–H groups in total. The molecule has 3 heteroatoms. The summed E-state index contributed by atoms with van der Waals surface area (Å²) in [6.07, 6.45) is 1.47. The fourth-order valence-electron chi connectivity index (χ4n) is 1.46. The van der Waals surface area contributed by atoms with Gasteiger partial charge in [-0.05, 0) is 51.0 Å². The average molecular weight is 248 g/mol. The van der Waals surface area contributed by atoms with Gasteiger partial charge in [0.2, 0.25) is 0 Å². The number of ether oxygens (including phenoxy) is 2. The summed E-state index contributed by atoms with van der Waals surface area (Å²) >= 11 is 0. The smallest absolute Gasteiger partial charge is 0.330 e. The highest BCUT2D eigenvalue weighted by Crippen LogP contribution is 2.21. The van der Waals surface area contributed by atoms with Crippen LogP contribution in [-0.4, -0.2) is 18.7 Å². The number of allylic oxidation sites excluding steroid dienone is 1. The number of rotatable bonds is 3. The molecular formula is C15H20O3. The molecule has 0 fully saturated rings. The lowest BCUT2D eigenvalue weighted by atomic mass is 10.1. The first-order chi connectivity index (χ1) is 8.31. The first-order valence-corrected chi connectivity index (χ1v) is 5.87. The van der Waals surface area contributed by atoms with Crippen molar-refractivity contribution < 1.29 is 14.3 Å². The van der Waals surface area contributed by atoms with Gasteiger partial charge >= 0.3 is 5.97 Å². The van der Waals surface area contributed by atoms with E-state index in [9.17, 15) is 4.79 Å². The van der Waals surface area contributed by atoms with E-state index < -0.39 is 0 Å². The summed E-state index contributed by atoms with van der Waals surface area (Å²) < 4.78 is 10.3. The third-order valence-corrected chi connectivity index (χ3v) is 2.27. The lowest BCUT2D eigenvalue weighted by Crippen LogP contribution is -2.22. The van der Waals surface area contributed by atoms with Crippen LogP contribution in [0, 0.1) is 0 Å². The largest absolute Gasteiger partial charge is 0.488 e. The number of hydrogen-bond donors (Lipinski definition) is 0. The number of methoxy groups -OCH3 is 1. The Morgan fingerprint density at radius 3 is 2.17 bits per heavy atom. The molecule has 18 heavy (non-hydrogen) atoms. The molecule has 0 bridgehead atoms. The van der Waals surface area contributed by atoms with Gasteiger partial charge in [-0.3, -0.25) is 0 Å². The van der Waals surface area contributed by atoms with Gasteiger partial charge in [-0.2, -0.15) is 0 Å². The molecule has 1 aromatic rings. The molecule has 0 heterocycles. The maximum atomic E-state index is 11.1. The Kier molecular flexibility index (Phi) is 4.54. The summed E-state index contributed by atoms with van der Waals surface area (Å²) in [6.45, 7) is 7.88. The van der Waals surface area contributed by atoms with E-state index in [0.29, 0.717) is 0 Å². The summed E-state index contributed by atoms with van der Waals surface area (Å²) in [4.78, 5) is 11.1. The predicted octanol–water partition coefficient (Wildman–Crippen LogP) is 3.44. The van der Waals surface area contributed by atoms with E-state index in [4.69, 9.17) is 4.74 Å². The molecule has 3 nitrogen and oxygen atoms in total. The Bertz CT molecular complexity index is 436. The zero-order valence-electron chi connectivity index (χ0n) is 11.6. The van der Waals surface area contributed by atoms with Crippen LogP contribution < -0.4 is 4.74 Å². The highest BCUT2D eigenvalue weighted by molar-refractivity contribution is 5.90. The number of esters is 1. The standard InChI is InChI=1S/C15H20O3/c1-11(10-14(16)17-5)12-6-8-13(9-7-12)18-15(2,3)4/h6-10H,1-5H3. The van der Waals surface area contributed by atoms with Crippen LogP contribution >= 0.6 is 0 Å². The Balaban J connectivity index is 2.83. The van der Waals surface area contributed by atoms with Crippen molar-refractivity contribution in [2.24, 2.45) is 0 Å². The minimum absolute atomic E-state index is 0.210. The third kappa shape index (κ3) is 4.62. The quantitative estimate of drug-likeness (QED) is 0.607. The number of carbonyl (C=O) groups is 1. The van der Waals surface area contributed by atoms with Crippen molar-refractivity contribution in [1.82, 2.24) is 0 Å². The fraction of sp³-hybridized carbons (Fsp3) is 0.400. The van der Waals surface area contributed by atoms with E-state index in [1.807, 2.05) is 52.0 Å². The summed E-state index contributed by atoms with van der Waals surface area (Å²) in [6, 6.07) is 7.65. The van der Waals surface area contributed by atoms with Crippen LogP contribution in [0.1, 0.15) is 33.3 Å². The van der Waals surface area contributed by atoms with Gasteiger partial charge in [0.25, 0.3) is 0 Å². The molecule has 0 aliphatic carbocycles. The highest BCUT2D eigenvalue weighted by atomic mass is 16.5. The number of hydrogen-bond acceptors (Lipinski definition) is 3. The molecule has 98 valence electrons. The van der Waals surface area contributed by atoms with Gasteiger partial charge in [0.05, 0.1) is 7.11 Å². The predicted molar refractivity (Wildman–Crippen MR) is 72.5 cm³/mol. The molecule has 1 aromatic carbocycles. The highest BCUT2D eigenvalue weighted by Gasteiger charge is 2.11. The molecule has 0 saturated carbocycles. The van der Waals surface area contributed by atoms with Gasteiger partial charge in [0.15, 0.2) is 0 Å². The van der Waals surface area contributed by atoms with E-state index in [1.165, 1.54) is 13.2 Å². The number of benzene rings is 1. The summed E-state index contributed by atoms with van der Waals surface area (Å²) in [7, 11) is 1.37. The second kappa shape index (κ2) is 5.71. The summed E-state index contributed by atoms with van der Waals surface area (Å²) in [5.41, 5.74) is 1.63. The lowest BCUT2D eigenvalue weighted by molar-refractivity contribution is -0.134. The van der Waals surface area contributed by atoms with Crippen molar-refractivity contribution in [2.45, 2.75) is 33.3 Å². The van der Waals surface area contributed by atoms with Crippen molar-refractivity contribution in [3.05, 3.63) is 35.9 Å². The molecule has 0 aliphatic rings. The van der Waals surface area contributed by atoms with Crippen LogP contribution in [-0.2, 0) is 9.53 Å². The van der Waals surface area contributed by atoms with E-state index >= 15 is 0 Å². The van der Waals surface area contributed by atoms with E-state index in [1.54, 1.807) is 0 Å². The molecule has 0 aliphatic heterocycles. The van der Waals surface area contributed by atoms with Crippen LogP contribution in [0.2, 0.25) is 0 Å². The number of carbonyl (C=O) groups excluding carboxylic acids is 1. The Morgan fingerprint density at radius 1 is 1.17 bits per heavy atom. The van der Waals surface area contributed by atoms with Crippen LogP contribution in [0.5, 0.6) is 5.75 Å². The van der Waals surface area contributed by atoms with Crippen LogP contribution in [0.4, 0.5) is 0 Å². The molecule has 0 aromatic heterocycles. The van der Waals surface area contributed by atoms with Gasteiger partial charge in [-0.25, -0.2) is 4.79 Å². The topological polar surface area (TPSA) is 35.5 Å². The Hall–Kier alpha value is -1.77. The average Bonchev–Trinajstić information content (AvgIpc) is 2.27.